The summed E-state index contributed by atoms with van der Waals surface area (Å²) in [6.45, 7) is 2.09. The Labute approximate surface area is 153 Å². The highest BCUT2D eigenvalue weighted by Crippen LogP contribution is 2.49. The smallest absolute Gasteiger partial charge is 0.305 e. The predicted molar refractivity (Wildman–Crippen MR) is 94.5 cm³/mol. The van der Waals surface area contributed by atoms with Gasteiger partial charge in [0, 0.05) is 9.65 Å². The SMILES string of the molecule is CCC(Br)C(Br)C[C@@]1(Br)C(=O)[C@@H](Br)CC1CC(=O)OC. The van der Waals surface area contributed by atoms with Crippen LogP contribution in [0, 0.1) is 5.92 Å². The minimum Gasteiger partial charge on any atom is -0.469 e. The molecule has 5 atom stereocenters. The zero-order valence-electron chi connectivity index (χ0n) is 11.4. The van der Waals surface area contributed by atoms with E-state index >= 15 is 0 Å². The number of hydrogen-bond acceptors (Lipinski definition) is 3. The molecule has 0 aromatic carbocycles. The first kappa shape index (κ1) is 19.1. The first-order valence-electron chi connectivity index (χ1n) is 6.48. The molecule has 0 radical (unpaired) electrons. The van der Waals surface area contributed by atoms with E-state index in [1.807, 2.05) is 0 Å². The molecule has 0 bridgehead atoms. The van der Waals surface area contributed by atoms with Crippen LogP contribution >= 0.6 is 63.7 Å². The first-order valence-corrected chi connectivity index (χ1v) is 10.0. The molecule has 3 unspecified atom stereocenters. The third-order valence-electron chi connectivity index (χ3n) is 3.75. The van der Waals surface area contributed by atoms with Gasteiger partial charge in [-0.05, 0) is 25.2 Å². The molecule has 7 heteroatoms. The number of halogens is 4. The number of alkyl halides is 4. The van der Waals surface area contributed by atoms with E-state index in [4.69, 9.17) is 4.74 Å². The van der Waals surface area contributed by atoms with Gasteiger partial charge in [-0.1, -0.05) is 70.6 Å². The predicted octanol–water partition coefficient (Wildman–Crippen LogP) is 4.36. The molecule has 3 nitrogen and oxygen atoms in total. The summed E-state index contributed by atoms with van der Waals surface area (Å²) >= 11 is 14.3. The molecule has 0 aromatic heterocycles. The second-order valence-electron chi connectivity index (χ2n) is 5.05. The van der Waals surface area contributed by atoms with Gasteiger partial charge in [0.2, 0.25) is 0 Å². The van der Waals surface area contributed by atoms with Crippen molar-refractivity contribution in [2.75, 3.05) is 7.11 Å². The highest BCUT2D eigenvalue weighted by Gasteiger charge is 2.53. The number of Topliss-reactive ketones (excluding diaryl/α,β-unsaturated/α-hetero) is 1. The normalized spacial score (nSPS) is 33.0. The number of carbonyl (C=O) groups is 2. The van der Waals surface area contributed by atoms with Crippen molar-refractivity contribution < 1.29 is 14.3 Å². The summed E-state index contributed by atoms with van der Waals surface area (Å²) < 4.78 is 4.07. The summed E-state index contributed by atoms with van der Waals surface area (Å²) in [6, 6.07) is 0. The number of methoxy groups -OCH3 is 1. The fourth-order valence-corrected chi connectivity index (χ4v) is 6.12. The van der Waals surface area contributed by atoms with Crippen LogP contribution in [-0.2, 0) is 14.3 Å². The second-order valence-corrected chi connectivity index (χ2v) is 9.92. The number of carbonyl (C=O) groups excluding carboxylic acids is 2. The summed E-state index contributed by atoms with van der Waals surface area (Å²) in [5.41, 5.74) is 0. The summed E-state index contributed by atoms with van der Waals surface area (Å²) in [4.78, 5) is 24.3. The molecule has 0 spiro atoms. The van der Waals surface area contributed by atoms with Gasteiger partial charge in [-0.2, -0.15) is 0 Å². The van der Waals surface area contributed by atoms with E-state index in [2.05, 4.69) is 70.6 Å². The van der Waals surface area contributed by atoms with Crippen LogP contribution in [0.2, 0.25) is 0 Å². The minimum atomic E-state index is -0.676. The van der Waals surface area contributed by atoms with Crippen molar-refractivity contribution in [1.82, 2.24) is 0 Å². The maximum atomic E-state index is 12.5. The molecule has 0 aromatic rings. The third-order valence-corrected chi connectivity index (χ3v) is 8.86. The molecule has 0 heterocycles. The topological polar surface area (TPSA) is 43.4 Å². The third kappa shape index (κ3) is 4.29. The summed E-state index contributed by atoms with van der Waals surface area (Å²) in [7, 11) is 1.37. The average Bonchev–Trinajstić information content (AvgIpc) is 2.62. The van der Waals surface area contributed by atoms with Gasteiger partial charge < -0.3 is 4.74 Å². The molecule has 20 heavy (non-hydrogen) atoms. The molecule has 1 saturated carbocycles. The average molecular weight is 542 g/mol. The molecule has 116 valence electrons. The lowest BCUT2D eigenvalue weighted by Crippen LogP contribution is -2.40. The van der Waals surface area contributed by atoms with E-state index in [0.29, 0.717) is 12.8 Å². The monoisotopic (exact) mass is 538 g/mol. The molecule has 1 rings (SSSR count). The lowest BCUT2D eigenvalue weighted by Gasteiger charge is -2.31. The van der Waals surface area contributed by atoms with Gasteiger partial charge in [0.25, 0.3) is 0 Å². The molecule has 1 fully saturated rings. The maximum absolute atomic E-state index is 12.5. The Kier molecular flexibility index (Phi) is 7.70. The van der Waals surface area contributed by atoms with Crippen molar-refractivity contribution in [3.8, 4) is 0 Å². The van der Waals surface area contributed by atoms with Crippen molar-refractivity contribution in [3.05, 3.63) is 0 Å². The van der Waals surface area contributed by atoms with Crippen molar-refractivity contribution >= 4 is 75.5 Å². The lowest BCUT2D eigenvalue weighted by molar-refractivity contribution is -0.141. The lowest BCUT2D eigenvalue weighted by atomic mass is 9.87. The highest BCUT2D eigenvalue weighted by atomic mass is 79.9. The number of rotatable bonds is 6. The summed E-state index contributed by atoms with van der Waals surface area (Å²) in [6.07, 6.45) is 2.51. The van der Waals surface area contributed by atoms with Gasteiger partial charge in [-0.15, -0.1) is 0 Å². The van der Waals surface area contributed by atoms with Crippen LogP contribution in [0.25, 0.3) is 0 Å². The molecule has 0 saturated heterocycles. The molecule has 1 aliphatic rings. The Morgan fingerprint density at radius 3 is 2.55 bits per heavy atom. The Hall–Kier alpha value is 1.06. The number of esters is 1. The van der Waals surface area contributed by atoms with Crippen LogP contribution in [0.5, 0.6) is 0 Å². The Morgan fingerprint density at radius 2 is 2.05 bits per heavy atom. The van der Waals surface area contributed by atoms with Crippen LogP contribution in [0.3, 0.4) is 0 Å². The maximum Gasteiger partial charge on any atom is 0.305 e. The fourth-order valence-electron chi connectivity index (χ4n) is 2.47. The zero-order valence-corrected chi connectivity index (χ0v) is 17.7. The van der Waals surface area contributed by atoms with Gasteiger partial charge in [0.05, 0.1) is 22.7 Å². The molecular weight excluding hydrogens is 524 g/mol. The minimum absolute atomic E-state index is 0.0524. The van der Waals surface area contributed by atoms with E-state index in [0.717, 1.165) is 6.42 Å². The van der Waals surface area contributed by atoms with E-state index in [9.17, 15) is 9.59 Å². The van der Waals surface area contributed by atoms with Crippen LogP contribution < -0.4 is 0 Å². The van der Waals surface area contributed by atoms with E-state index in [1.54, 1.807) is 0 Å². The van der Waals surface area contributed by atoms with Gasteiger partial charge in [-0.3, -0.25) is 9.59 Å². The van der Waals surface area contributed by atoms with Crippen LogP contribution in [0.1, 0.15) is 32.6 Å². The number of ketones is 1. The zero-order chi connectivity index (χ0) is 15.5. The summed E-state index contributed by atoms with van der Waals surface area (Å²) in [5, 5.41) is 0. The van der Waals surface area contributed by atoms with Gasteiger partial charge >= 0.3 is 5.97 Å². The number of hydrogen-bond donors (Lipinski definition) is 0. The van der Waals surface area contributed by atoms with Crippen LogP contribution in [-0.4, -0.2) is 37.7 Å². The van der Waals surface area contributed by atoms with Crippen molar-refractivity contribution in [2.45, 2.75) is 51.4 Å². The molecule has 0 aliphatic heterocycles. The highest BCUT2D eigenvalue weighted by molar-refractivity contribution is 9.12. The van der Waals surface area contributed by atoms with E-state index in [1.165, 1.54) is 7.11 Å². The van der Waals surface area contributed by atoms with E-state index < -0.39 is 4.32 Å². The standard InChI is InChI=1S/C13H18Br4O3/c1-3-8(14)10(16)6-13(17)7(5-11(18)20-2)4-9(15)12(13)19/h7-10H,3-6H2,1-2H3/t7?,8?,9-,10?,13-/m0/s1. The quantitative estimate of drug-likeness (QED) is 0.371. The fraction of sp³-hybridized carbons (Fsp3) is 0.846. The summed E-state index contributed by atoms with van der Waals surface area (Å²) in [5.74, 6) is -0.208. The first-order chi connectivity index (χ1) is 9.26. The second kappa shape index (κ2) is 8.06. The Balaban J connectivity index is 2.88. The van der Waals surface area contributed by atoms with Crippen molar-refractivity contribution in [3.63, 3.8) is 0 Å². The Bertz CT molecular complexity index is 377. The molecular formula is C13H18Br4O3. The van der Waals surface area contributed by atoms with Crippen LogP contribution in [0.4, 0.5) is 0 Å². The van der Waals surface area contributed by atoms with Crippen molar-refractivity contribution in [2.24, 2.45) is 5.92 Å². The van der Waals surface area contributed by atoms with Gasteiger partial charge in [0.15, 0.2) is 5.78 Å². The largest absolute Gasteiger partial charge is 0.469 e. The van der Waals surface area contributed by atoms with Gasteiger partial charge in [0.1, 0.15) is 0 Å². The van der Waals surface area contributed by atoms with Crippen molar-refractivity contribution in [1.29, 1.82) is 0 Å². The van der Waals surface area contributed by atoms with E-state index in [-0.39, 0.29) is 38.6 Å². The molecule has 0 N–H and O–H groups in total. The molecule has 0 amide bonds. The Morgan fingerprint density at radius 1 is 1.45 bits per heavy atom. The van der Waals surface area contributed by atoms with Gasteiger partial charge in [-0.25, -0.2) is 0 Å². The van der Waals surface area contributed by atoms with Crippen LogP contribution in [0.15, 0.2) is 0 Å². The molecule has 1 aliphatic carbocycles. The number of ether oxygens (including phenoxy) is 1.